The fraction of sp³-hybridized carbons (Fsp3) is 0.200. The number of aromatic nitrogens is 3. The largest absolute Gasteiger partial charge is 0.324 e. The highest BCUT2D eigenvalue weighted by atomic mass is 19.1. The number of rotatable bonds is 3. The van der Waals surface area contributed by atoms with Gasteiger partial charge >= 0.3 is 0 Å². The number of amides is 2. The monoisotopic (exact) mass is 379 g/mol. The van der Waals surface area contributed by atoms with E-state index < -0.39 is 6.04 Å². The van der Waals surface area contributed by atoms with Crippen molar-refractivity contribution in [1.29, 1.82) is 0 Å². The summed E-state index contributed by atoms with van der Waals surface area (Å²) in [5.41, 5.74) is 3.29. The van der Waals surface area contributed by atoms with Gasteiger partial charge in [-0.3, -0.25) is 14.9 Å². The molecule has 2 heterocycles. The number of aryl methyl sites for hydroxylation is 2. The van der Waals surface area contributed by atoms with Crippen molar-refractivity contribution in [1.82, 2.24) is 14.8 Å². The third-order valence-corrected chi connectivity index (χ3v) is 4.60. The lowest BCUT2D eigenvalue weighted by molar-refractivity contribution is -0.125. The van der Waals surface area contributed by atoms with Gasteiger partial charge in [-0.25, -0.2) is 9.07 Å². The van der Waals surface area contributed by atoms with Crippen molar-refractivity contribution in [3.63, 3.8) is 0 Å². The Morgan fingerprint density at radius 2 is 1.96 bits per heavy atom. The molecule has 0 radical (unpaired) electrons. The lowest BCUT2D eigenvalue weighted by Gasteiger charge is -2.22. The molecule has 3 aromatic rings. The molecule has 0 spiro atoms. The first-order valence-electron chi connectivity index (χ1n) is 8.81. The van der Waals surface area contributed by atoms with Gasteiger partial charge in [0, 0.05) is 11.3 Å². The van der Waals surface area contributed by atoms with Crippen LogP contribution in [-0.2, 0) is 9.59 Å². The summed E-state index contributed by atoms with van der Waals surface area (Å²) < 4.78 is 14.6. The summed E-state index contributed by atoms with van der Waals surface area (Å²) in [5, 5.41) is 9.87. The Labute approximate surface area is 160 Å². The molecule has 0 bridgehead atoms. The van der Waals surface area contributed by atoms with Crippen LogP contribution in [0.1, 0.15) is 23.6 Å². The highest BCUT2D eigenvalue weighted by Crippen LogP contribution is 2.28. The Balaban J connectivity index is 1.65. The maximum absolute atomic E-state index is 13.2. The number of carbonyl (C=O) groups is 2. The minimum absolute atomic E-state index is 0.0457. The first-order chi connectivity index (χ1) is 13.4. The van der Waals surface area contributed by atoms with Gasteiger partial charge in [-0.1, -0.05) is 17.7 Å². The van der Waals surface area contributed by atoms with Gasteiger partial charge in [0.1, 0.15) is 11.9 Å². The summed E-state index contributed by atoms with van der Waals surface area (Å²) in [6, 6.07) is 10.6. The van der Waals surface area contributed by atoms with Gasteiger partial charge in [0.05, 0.1) is 6.42 Å². The van der Waals surface area contributed by atoms with E-state index >= 15 is 0 Å². The summed E-state index contributed by atoms with van der Waals surface area (Å²) in [5.74, 6) is -0.533. The molecule has 0 aliphatic carbocycles. The molecule has 2 aromatic carbocycles. The molecule has 4 rings (SSSR count). The van der Waals surface area contributed by atoms with Crippen LogP contribution in [0, 0.1) is 19.7 Å². The van der Waals surface area contributed by atoms with Gasteiger partial charge in [-0.2, -0.15) is 4.98 Å². The number of fused-ring (bicyclic) bond motifs is 1. The Bertz CT molecular complexity index is 1070. The maximum atomic E-state index is 13.2. The number of hydrogen-bond acceptors (Lipinski definition) is 4. The minimum atomic E-state index is -0.828. The zero-order valence-corrected chi connectivity index (χ0v) is 15.4. The molecule has 1 aliphatic rings. The molecule has 1 atom stereocenters. The van der Waals surface area contributed by atoms with Gasteiger partial charge in [0.25, 0.3) is 0 Å². The van der Waals surface area contributed by atoms with E-state index in [0.717, 1.165) is 11.1 Å². The van der Waals surface area contributed by atoms with Gasteiger partial charge in [-0.15, -0.1) is 5.10 Å². The molecule has 1 aromatic heterocycles. The highest BCUT2D eigenvalue weighted by molar-refractivity contribution is 6.01. The van der Waals surface area contributed by atoms with E-state index in [4.69, 9.17) is 0 Å². The molecule has 0 fully saturated rings. The van der Waals surface area contributed by atoms with Crippen LogP contribution in [0.25, 0.3) is 11.4 Å². The maximum Gasteiger partial charge on any atom is 0.249 e. The van der Waals surface area contributed by atoms with Crippen LogP contribution in [0.4, 0.5) is 16.0 Å². The molecule has 2 N–H and O–H groups in total. The predicted octanol–water partition coefficient (Wildman–Crippen LogP) is 3.22. The zero-order valence-electron chi connectivity index (χ0n) is 15.4. The summed E-state index contributed by atoms with van der Waals surface area (Å²) in [6.07, 6.45) is -0.0457. The van der Waals surface area contributed by atoms with Crippen molar-refractivity contribution in [2.45, 2.75) is 26.3 Å². The smallest absolute Gasteiger partial charge is 0.249 e. The van der Waals surface area contributed by atoms with E-state index in [1.165, 1.54) is 16.8 Å². The number of benzene rings is 2. The van der Waals surface area contributed by atoms with Crippen LogP contribution in [0.15, 0.2) is 42.5 Å². The Kier molecular flexibility index (Phi) is 4.38. The molecular weight excluding hydrogens is 361 g/mol. The van der Waals surface area contributed by atoms with E-state index in [0.29, 0.717) is 17.1 Å². The lowest BCUT2D eigenvalue weighted by atomic mass is 10.1. The second-order valence-corrected chi connectivity index (χ2v) is 6.79. The van der Waals surface area contributed by atoms with Crippen molar-refractivity contribution >= 4 is 23.5 Å². The van der Waals surface area contributed by atoms with E-state index in [1.807, 2.05) is 32.0 Å². The first-order valence-corrected chi connectivity index (χ1v) is 8.81. The summed E-state index contributed by atoms with van der Waals surface area (Å²) >= 11 is 0. The average Bonchev–Trinajstić information content (AvgIpc) is 3.07. The number of nitrogens with one attached hydrogen (secondary N) is 2. The van der Waals surface area contributed by atoms with Crippen LogP contribution >= 0.6 is 0 Å². The summed E-state index contributed by atoms with van der Waals surface area (Å²) in [4.78, 5) is 29.2. The topological polar surface area (TPSA) is 88.9 Å². The number of carbonyl (C=O) groups excluding carboxylic acids is 2. The Morgan fingerprint density at radius 3 is 2.68 bits per heavy atom. The Hall–Kier alpha value is -3.55. The number of nitrogens with zero attached hydrogens (tertiary/aromatic N) is 3. The highest BCUT2D eigenvalue weighted by Gasteiger charge is 2.33. The molecule has 7 nitrogen and oxygen atoms in total. The van der Waals surface area contributed by atoms with Gasteiger partial charge < -0.3 is 5.32 Å². The molecule has 8 heteroatoms. The molecular formula is C20H18FN5O2. The van der Waals surface area contributed by atoms with Crippen molar-refractivity contribution in [3.8, 4) is 11.4 Å². The number of hydrogen-bond donors (Lipinski definition) is 2. The van der Waals surface area contributed by atoms with Crippen LogP contribution < -0.4 is 10.6 Å². The molecule has 28 heavy (non-hydrogen) atoms. The van der Waals surface area contributed by atoms with Crippen molar-refractivity contribution in [2.75, 3.05) is 10.6 Å². The molecule has 142 valence electrons. The molecule has 1 aliphatic heterocycles. The third kappa shape index (κ3) is 3.36. The molecule has 0 saturated heterocycles. The van der Waals surface area contributed by atoms with Gasteiger partial charge in [0.15, 0.2) is 5.82 Å². The van der Waals surface area contributed by atoms with Crippen LogP contribution in [-0.4, -0.2) is 26.6 Å². The van der Waals surface area contributed by atoms with E-state index in [9.17, 15) is 14.0 Å². The average molecular weight is 379 g/mol. The van der Waals surface area contributed by atoms with Crippen LogP contribution in [0.5, 0.6) is 0 Å². The van der Waals surface area contributed by atoms with Crippen molar-refractivity contribution in [2.24, 2.45) is 0 Å². The van der Waals surface area contributed by atoms with Gasteiger partial charge in [-0.05, 0) is 49.7 Å². The molecule has 0 saturated carbocycles. The first kappa shape index (κ1) is 17.8. The fourth-order valence-electron chi connectivity index (χ4n) is 3.16. The van der Waals surface area contributed by atoms with E-state index in [-0.39, 0.29) is 30.0 Å². The normalized spacial score (nSPS) is 15.7. The van der Waals surface area contributed by atoms with Crippen molar-refractivity contribution < 1.29 is 14.0 Å². The van der Waals surface area contributed by atoms with E-state index in [2.05, 4.69) is 20.7 Å². The fourth-order valence-corrected chi connectivity index (χ4v) is 3.16. The molecule has 2 amide bonds. The van der Waals surface area contributed by atoms with E-state index in [1.54, 1.807) is 12.1 Å². The van der Waals surface area contributed by atoms with Gasteiger partial charge in [0.2, 0.25) is 17.8 Å². The summed E-state index contributed by atoms with van der Waals surface area (Å²) in [6.45, 7) is 3.88. The quantitative estimate of drug-likeness (QED) is 0.731. The number of halogens is 1. The zero-order chi connectivity index (χ0) is 19.8. The lowest BCUT2D eigenvalue weighted by Crippen LogP contribution is -2.36. The number of anilines is 2. The Morgan fingerprint density at radius 1 is 1.21 bits per heavy atom. The minimum Gasteiger partial charge on any atom is -0.324 e. The van der Waals surface area contributed by atoms with Crippen LogP contribution in [0.2, 0.25) is 0 Å². The van der Waals surface area contributed by atoms with Crippen LogP contribution in [0.3, 0.4) is 0 Å². The van der Waals surface area contributed by atoms with Crippen molar-refractivity contribution in [3.05, 3.63) is 59.4 Å². The molecule has 1 unspecified atom stereocenters. The second kappa shape index (κ2) is 6.88. The SMILES string of the molecule is Cc1ccc(NC(=O)C2CC(=O)Nc3nc(-c4ccc(F)cc4)nn32)c(C)c1. The standard InChI is InChI=1S/C20H18FN5O2/c1-11-3-8-15(12(2)9-11)22-19(28)16-10-17(27)23-20-24-18(25-26(16)20)13-4-6-14(21)7-5-13/h3-9,16H,10H2,1-2H3,(H,22,28)(H,23,24,25,27). The summed E-state index contributed by atoms with van der Waals surface area (Å²) in [7, 11) is 0. The third-order valence-electron chi connectivity index (χ3n) is 4.60. The second-order valence-electron chi connectivity index (χ2n) is 6.79. The predicted molar refractivity (Wildman–Crippen MR) is 102 cm³/mol.